The predicted molar refractivity (Wildman–Crippen MR) is 64.4 cm³/mol. The SMILES string of the molecule is CCCCCOCC(NCCC)C(=O)OC. The zero-order chi connectivity index (χ0) is 12.2. The van der Waals surface area contributed by atoms with Crippen molar-refractivity contribution >= 4 is 5.97 Å². The second kappa shape index (κ2) is 10.9. The highest BCUT2D eigenvalue weighted by Crippen LogP contribution is 1.96. The maximum atomic E-state index is 11.4. The molecule has 1 N–H and O–H groups in total. The summed E-state index contributed by atoms with van der Waals surface area (Å²) in [6.07, 6.45) is 4.39. The number of unbranched alkanes of at least 4 members (excludes halogenated alkanes) is 2. The van der Waals surface area contributed by atoms with Gasteiger partial charge in [0.25, 0.3) is 0 Å². The molecule has 0 spiro atoms. The topological polar surface area (TPSA) is 47.6 Å². The van der Waals surface area contributed by atoms with Crippen LogP contribution in [0.15, 0.2) is 0 Å². The van der Waals surface area contributed by atoms with Crippen LogP contribution in [0, 0.1) is 0 Å². The van der Waals surface area contributed by atoms with E-state index in [1.807, 2.05) is 0 Å². The van der Waals surface area contributed by atoms with Crippen LogP contribution in [-0.4, -0.2) is 38.9 Å². The van der Waals surface area contributed by atoms with Gasteiger partial charge in [-0.15, -0.1) is 0 Å². The highest BCUT2D eigenvalue weighted by Gasteiger charge is 2.17. The molecule has 0 aromatic carbocycles. The van der Waals surface area contributed by atoms with Crippen molar-refractivity contribution in [2.45, 2.75) is 45.6 Å². The van der Waals surface area contributed by atoms with Crippen LogP contribution in [-0.2, 0) is 14.3 Å². The first-order valence-corrected chi connectivity index (χ1v) is 6.15. The quantitative estimate of drug-likeness (QED) is 0.459. The van der Waals surface area contributed by atoms with Gasteiger partial charge < -0.3 is 14.8 Å². The number of hydrogen-bond acceptors (Lipinski definition) is 4. The summed E-state index contributed by atoms with van der Waals surface area (Å²) in [6, 6.07) is -0.327. The van der Waals surface area contributed by atoms with E-state index in [1.165, 1.54) is 20.0 Å². The molecule has 1 unspecified atom stereocenters. The van der Waals surface area contributed by atoms with Crippen molar-refractivity contribution in [2.24, 2.45) is 0 Å². The van der Waals surface area contributed by atoms with E-state index in [2.05, 4.69) is 19.2 Å². The Balaban J connectivity index is 3.69. The number of methoxy groups -OCH3 is 1. The highest BCUT2D eigenvalue weighted by molar-refractivity contribution is 5.75. The van der Waals surface area contributed by atoms with Crippen LogP contribution in [0.4, 0.5) is 0 Å². The molecule has 4 heteroatoms. The van der Waals surface area contributed by atoms with Crippen molar-refractivity contribution in [3.05, 3.63) is 0 Å². The molecule has 0 aliphatic heterocycles. The van der Waals surface area contributed by atoms with Gasteiger partial charge in [0.15, 0.2) is 0 Å². The second-order valence-corrected chi connectivity index (χ2v) is 3.81. The van der Waals surface area contributed by atoms with Crippen LogP contribution >= 0.6 is 0 Å². The lowest BCUT2D eigenvalue weighted by Crippen LogP contribution is -2.41. The summed E-state index contributed by atoms with van der Waals surface area (Å²) in [5.41, 5.74) is 0. The van der Waals surface area contributed by atoms with E-state index in [-0.39, 0.29) is 12.0 Å². The summed E-state index contributed by atoms with van der Waals surface area (Å²) >= 11 is 0. The van der Waals surface area contributed by atoms with Crippen molar-refractivity contribution in [2.75, 3.05) is 26.9 Å². The molecule has 0 saturated heterocycles. The fourth-order valence-corrected chi connectivity index (χ4v) is 1.33. The van der Waals surface area contributed by atoms with Gasteiger partial charge in [0, 0.05) is 6.61 Å². The first kappa shape index (κ1) is 15.4. The third kappa shape index (κ3) is 7.65. The fraction of sp³-hybridized carbons (Fsp3) is 0.917. The standard InChI is InChI=1S/C12H25NO3/c1-4-6-7-9-16-10-11(12(14)15-3)13-8-5-2/h11,13H,4-10H2,1-3H3. The minimum absolute atomic E-state index is 0.246. The average molecular weight is 231 g/mol. The lowest BCUT2D eigenvalue weighted by molar-refractivity contribution is -0.144. The maximum absolute atomic E-state index is 11.4. The third-order valence-electron chi connectivity index (χ3n) is 2.30. The van der Waals surface area contributed by atoms with E-state index < -0.39 is 0 Å². The number of carbonyl (C=O) groups excluding carboxylic acids is 1. The van der Waals surface area contributed by atoms with E-state index in [4.69, 9.17) is 9.47 Å². The zero-order valence-corrected chi connectivity index (χ0v) is 10.8. The van der Waals surface area contributed by atoms with Gasteiger partial charge in [-0.05, 0) is 19.4 Å². The first-order valence-electron chi connectivity index (χ1n) is 6.15. The van der Waals surface area contributed by atoms with E-state index >= 15 is 0 Å². The van der Waals surface area contributed by atoms with Crippen LogP contribution in [0.5, 0.6) is 0 Å². The van der Waals surface area contributed by atoms with Crippen molar-refractivity contribution in [3.8, 4) is 0 Å². The minimum Gasteiger partial charge on any atom is -0.468 e. The smallest absolute Gasteiger partial charge is 0.325 e. The van der Waals surface area contributed by atoms with Crippen LogP contribution in [0.3, 0.4) is 0 Å². The molecule has 16 heavy (non-hydrogen) atoms. The number of hydrogen-bond donors (Lipinski definition) is 1. The number of ether oxygens (including phenoxy) is 2. The maximum Gasteiger partial charge on any atom is 0.325 e. The van der Waals surface area contributed by atoms with Crippen molar-refractivity contribution in [1.29, 1.82) is 0 Å². The predicted octanol–water partition coefficient (Wildman–Crippen LogP) is 1.73. The molecule has 0 rings (SSSR count). The lowest BCUT2D eigenvalue weighted by atomic mass is 10.2. The molecule has 0 amide bonds. The van der Waals surface area contributed by atoms with Crippen LogP contribution in [0.1, 0.15) is 39.5 Å². The molecule has 0 bridgehead atoms. The summed E-state index contributed by atoms with van der Waals surface area (Å²) in [4.78, 5) is 11.4. The number of esters is 1. The zero-order valence-electron chi connectivity index (χ0n) is 10.8. The Labute approximate surface area is 98.7 Å². The Kier molecular flexibility index (Phi) is 10.5. The van der Waals surface area contributed by atoms with Crippen molar-refractivity contribution in [1.82, 2.24) is 5.32 Å². The molecule has 0 aliphatic rings. The Morgan fingerprint density at radius 3 is 2.56 bits per heavy atom. The molecule has 1 atom stereocenters. The number of nitrogens with one attached hydrogen (secondary N) is 1. The Bertz CT molecular complexity index is 174. The fourth-order valence-electron chi connectivity index (χ4n) is 1.33. The van der Waals surface area contributed by atoms with Crippen molar-refractivity contribution < 1.29 is 14.3 Å². The molecule has 0 aromatic rings. The molecule has 0 aliphatic carbocycles. The van der Waals surface area contributed by atoms with Gasteiger partial charge in [-0.25, -0.2) is 0 Å². The summed E-state index contributed by atoms with van der Waals surface area (Å²) in [7, 11) is 1.40. The summed E-state index contributed by atoms with van der Waals surface area (Å²) in [5.74, 6) is -0.246. The monoisotopic (exact) mass is 231 g/mol. The first-order chi connectivity index (χ1) is 7.76. The molecule has 0 heterocycles. The Morgan fingerprint density at radius 2 is 2.00 bits per heavy atom. The molecule has 4 nitrogen and oxygen atoms in total. The van der Waals surface area contributed by atoms with E-state index in [1.54, 1.807) is 0 Å². The minimum atomic E-state index is -0.327. The lowest BCUT2D eigenvalue weighted by Gasteiger charge is -2.16. The van der Waals surface area contributed by atoms with Crippen LogP contribution in [0.25, 0.3) is 0 Å². The Hall–Kier alpha value is -0.610. The largest absolute Gasteiger partial charge is 0.468 e. The van der Waals surface area contributed by atoms with Gasteiger partial charge in [-0.3, -0.25) is 4.79 Å². The van der Waals surface area contributed by atoms with Gasteiger partial charge in [-0.1, -0.05) is 26.7 Å². The molecule has 96 valence electrons. The van der Waals surface area contributed by atoms with Gasteiger partial charge in [0.1, 0.15) is 6.04 Å². The van der Waals surface area contributed by atoms with Gasteiger partial charge in [-0.2, -0.15) is 0 Å². The van der Waals surface area contributed by atoms with Crippen LogP contribution < -0.4 is 5.32 Å². The van der Waals surface area contributed by atoms with E-state index in [0.29, 0.717) is 6.61 Å². The third-order valence-corrected chi connectivity index (χ3v) is 2.30. The van der Waals surface area contributed by atoms with Crippen LogP contribution in [0.2, 0.25) is 0 Å². The molecule has 0 aromatic heterocycles. The summed E-state index contributed by atoms with van der Waals surface area (Å²) in [5, 5.41) is 3.11. The molecular weight excluding hydrogens is 206 g/mol. The normalized spacial score (nSPS) is 12.4. The summed E-state index contributed by atoms with van der Waals surface area (Å²) < 4.78 is 10.2. The molecule has 0 fully saturated rings. The van der Waals surface area contributed by atoms with Gasteiger partial charge >= 0.3 is 5.97 Å². The second-order valence-electron chi connectivity index (χ2n) is 3.81. The highest BCUT2D eigenvalue weighted by atomic mass is 16.5. The molecule has 0 saturated carbocycles. The van der Waals surface area contributed by atoms with Crippen molar-refractivity contribution in [3.63, 3.8) is 0 Å². The van der Waals surface area contributed by atoms with E-state index in [9.17, 15) is 4.79 Å². The number of carbonyl (C=O) groups is 1. The molecule has 0 radical (unpaired) electrons. The van der Waals surface area contributed by atoms with E-state index in [0.717, 1.165) is 26.0 Å². The number of rotatable bonds is 10. The van der Waals surface area contributed by atoms with Gasteiger partial charge in [0.05, 0.1) is 13.7 Å². The summed E-state index contributed by atoms with van der Waals surface area (Å²) in [6.45, 7) is 6.13. The molecular formula is C12H25NO3. The average Bonchev–Trinajstić information content (AvgIpc) is 2.31. The Morgan fingerprint density at radius 1 is 1.25 bits per heavy atom. The van der Waals surface area contributed by atoms with Gasteiger partial charge in [0.2, 0.25) is 0 Å².